The van der Waals surface area contributed by atoms with E-state index in [9.17, 15) is 9.59 Å². The van der Waals surface area contributed by atoms with Crippen LogP contribution in [0.1, 0.15) is 33.1 Å². The standard InChI is InChI=1S/C23H30N2O5S2/c1-3-20(28-4-2)21(17-23(27)25-30-19-13-9-6-10-14-19)32-31-16-15-22(26)24-29-18-11-7-5-8-12-18/h5-14,20-21H,3-4,15-17H2,1-2H3,(H,24,26)(H,25,27). The summed E-state index contributed by atoms with van der Waals surface area (Å²) < 4.78 is 5.83. The maximum atomic E-state index is 12.4. The quantitative estimate of drug-likeness (QED) is 0.221. The molecule has 0 aliphatic heterocycles. The first-order valence-electron chi connectivity index (χ1n) is 10.5. The fourth-order valence-corrected chi connectivity index (χ4v) is 5.48. The van der Waals surface area contributed by atoms with Gasteiger partial charge in [-0.2, -0.15) is 11.0 Å². The molecule has 0 aliphatic carbocycles. The van der Waals surface area contributed by atoms with Crippen molar-refractivity contribution in [1.29, 1.82) is 0 Å². The molecule has 2 atom stereocenters. The van der Waals surface area contributed by atoms with Gasteiger partial charge in [-0.25, -0.2) is 0 Å². The number of benzene rings is 2. The molecule has 7 nitrogen and oxygen atoms in total. The van der Waals surface area contributed by atoms with E-state index in [0.717, 1.165) is 6.42 Å². The summed E-state index contributed by atoms with van der Waals surface area (Å²) in [5.41, 5.74) is 4.93. The van der Waals surface area contributed by atoms with Crippen molar-refractivity contribution >= 4 is 33.4 Å². The van der Waals surface area contributed by atoms with E-state index in [1.807, 2.05) is 50.2 Å². The first-order chi connectivity index (χ1) is 15.6. The van der Waals surface area contributed by atoms with Gasteiger partial charge in [-0.1, -0.05) is 64.9 Å². The Hall–Kier alpha value is -2.36. The van der Waals surface area contributed by atoms with Crippen molar-refractivity contribution in [2.75, 3.05) is 12.4 Å². The fourth-order valence-electron chi connectivity index (χ4n) is 2.68. The van der Waals surface area contributed by atoms with E-state index in [1.165, 1.54) is 10.8 Å². The highest BCUT2D eigenvalue weighted by molar-refractivity contribution is 8.77. The van der Waals surface area contributed by atoms with Crippen LogP contribution in [0.4, 0.5) is 0 Å². The van der Waals surface area contributed by atoms with Crippen LogP contribution in [0.5, 0.6) is 11.5 Å². The van der Waals surface area contributed by atoms with E-state index < -0.39 is 0 Å². The predicted molar refractivity (Wildman–Crippen MR) is 129 cm³/mol. The van der Waals surface area contributed by atoms with Crippen molar-refractivity contribution in [2.45, 2.75) is 44.5 Å². The largest absolute Gasteiger partial charge is 0.380 e. The number of ether oxygens (including phenoxy) is 1. The summed E-state index contributed by atoms with van der Waals surface area (Å²) in [4.78, 5) is 35.0. The van der Waals surface area contributed by atoms with Gasteiger partial charge in [0.2, 0.25) is 0 Å². The van der Waals surface area contributed by atoms with Crippen LogP contribution in [0.25, 0.3) is 0 Å². The van der Waals surface area contributed by atoms with E-state index >= 15 is 0 Å². The van der Waals surface area contributed by atoms with Crippen molar-refractivity contribution in [3.63, 3.8) is 0 Å². The lowest BCUT2D eigenvalue weighted by Crippen LogP contribution is -2.34. The van der Waals surface area contributed by atoms with Gasteiger partial charge in [0, 0.05) is 25.2 Å². The zero-order chi connectivity index (χ0) is 23.0. The second kappa shape index (κ2) is 15.4. The number of para-hydroxylation sites is 2. The lowest BCUT2D eigenvalue weighted by molar-refractivity contribution is -0.128. The summed E-state index contributed by atoms with van der Waals surface area (Å²) in [6.07, 6.45) is 1.25. The molecule has 2 aromatic carbocycles. The highest BCUT2D eigenvalue weighted by atomic mass is 33.1. The van der Waals surface area contributed by atoms with Gasteiger partial charge in [-0.15, -0.1) is 0 Å². The van der Waals surface area contributed by atoms with Crippen molar-refractivity contribution in [2.24, 2.45) is 0 Å². The van der Waals surface area contributed by atoms with E-state index in [4.69, 9.17) is 14.4 Å². The molecule has 2 rings (SSSR count). The van der Waals surface area contributed by atoms with Crippen molar-refractivity contribution in [1.82, 2.24) is 11.0 Å². The Kier molecular flexibility index (Phi) is 12.5. The minimum Gasteiger partial charge on any atom is -0.380 e. The molecule has 0 radical (unpaired) electrons. The van der Waals surface area contributed by atoms with Gasteiger partial charge >= 0.3 is 0 Å². The number of hydroxylamine groups is 2. The lowest BCUT2D eigenvalue weighted by Gasteiger charge is -2.24. The van der Waals surface area contributed by atoms with Crippen molar-refractivity contribution in [3.8, 4) is 11.5 Å². The molecule has 174 valence electrons. The normalized spacial score (nSPS) is 12.4. The summed E-state index contributed by atoms with van der Waals surface area (Å²) in [6.45, 7) is 4.54. The van der Waals surface area contributed by atoms with Gasteiger partial charge in [-0.05, 0) is 37.6 Å². The molecule has 32 heavy (non-hydrogen) atoms. The monoisotopic (exact) mass is 478 g/mol. The second-order valence-electron chi connectivity index (χ2n) is 6.69. The molecular weight excluding hydrogens is 448 g/mol. The van der Waals surface area contributed by atoms with Crippen LogP contribution in [0, 0.1) is 0 Å². The molecule has 0 aromatic heterocycles. The molecule has 2 amide bonds. The molecule has 0 aliphatic rings. The zero-order valence-corrected chi connectivity index (χ0v) is 20.0. The Bertz CT molecular complexity index is 795. The fraction of sp³-hybridized carbons (Fsp3) is 0.391. The van der Waals surface area contributed by atoms with E-state index in [1.54, 1.807) is 35.1 Å². The Morgan fingerprint density at radius 1 is 0.875 bits per heavy atom. The minimum absolute atomic E-state index is 0.0739. The summed E-state index contributed by atoms with van der Waals surface area (Å²) in [5.74, 6) is 1.30. The Labute approximate surface area is 197 Å². The zero-order valence-electron chi connectivity index (χ0n) is 18.3. The third kappa shape index (κ3) is 10.3. The Morgan fingerprint density at radius 2 is 1.44 bits per heavy atom. The van der Waals surface area contributed by atoms with Crippen LogP contribution in [0.15, 0.2) is 60.7 Å². The topological polar surface area (TPSA) is 85.9 Å². The smallest absolute Gasteiger partial charge is 0.253 e. The molecule has 2 unspecified atom stereocenters. The molecular formula is C23H30N2O5S2. The molecule has 0 spiro atoms. The number of hydrogen-bond acceptors (Lipinski definition) is 7. The summed E-state index contributed by atoms with van der Waals surface area (Å²) >= 11 is 0. The first-order valence-corrected chi connectivity index (χ1v) is 12.9. The van der Waals surface area contributed by atoms with Crippen molar-refractivity contribution in [3.05, 3.63) is 60.7 Å². The third-order valence-electron chi connectivity index (χ3n) is 4.24. The number of rotatable bonds is 15. The van der Waals surface area contributed by atoms with E-state index in [2.05, 4.69) is 11.0 Å². The number of hydrogen-bond donors (Lipinski definition) is 2. The number of amides is 2. The van der Waals surface area contributed by atoms with E-state index in [-0.39, 0.29) is 29.6 Å². The van der Waals surface area contributed by atoms with Crippen LogP contribution < -0.4 is 20.6 Å². The first kappa shape index (κ1) is 25.9. The SMILES string of the molecule is CCOC(CC)C(CC(=O)NOc1ccccc1)SSCCC(=O)NOc1ccccc1. The van der Waals surface area contributed by atoms with Gasteiger partial charge in [0.15, 0.2) is 11.5 Å². The van der Waals surface area contributed by atoms with Crippen LogP contribution in [0.3, 0.4) is 0 Å². The average molecular weight is 479 g/mol. The maximum absolute atomic E-state index is 12.4. The third-order valence-corrected chi connectivity index (χ3v) is 7.11. The molecule has 2 N–H and O–H groups in total. The highest BCUT2D eigenvalue weighted by Crippen LogP contribution is 2.33. The van der Waals surface area contributed by atoms with Gasteiger partial charge in [0.1, 0.15) is 0 Å². The number of carbonyl (C=O) groups excluding carboxylic acids is 2. The number of nitrogens with one attached hydrogen (secondary N) is 2. The molecule has 0 bridgehead atoms. The maximum Gasteiger partial charge on any atom is 0.253 e. The Balaban J connectivity index is 1.75. The summed E-state index contributed by atoms with van der Waals surface area (Å²) in [7, 11) is 3.09. The molecule has 0 heterocycles. The predicted octanol–water partition coefficient (Wildman–Crippen LogP) is 4.55. The molecule has 0 saturated heterocycles. The highest BCUT2D eigenvalue weighted by Gasteiger charge is 2.25. The molecule has 9 heteroatoms. The van der Waals surface area contributed by atoms with Crippen LogP contribution in [-0.2, 0) is 14.3 Å². The molecule has 0 fully saturated rings. The van der Waals surface area contributed by atoms with Crippen LogP contribution in [-0.4, -0.2) is 35.5 Å². The Morgan fingerprint density at radius 3 is 1.97 bits per heavy atom. The molecule has 0 saturated carbocycles. The van der Waals surface area contributed by atoms with Crippen LogP contribution >= 0.6 is 21.6 Å². The van der Waals surface area contributed by atoms with E-state index in [0.29, 0.717) is 30.3 Å². The minimum atomic E-state index is -0.223. The van der Waals surface area contributed by atoms with Gasteiger partial charge in [0.05, 0.1) is 11.4 Å². The van der Waals surface area contributed by atoms with Gasteiger partial charge < -0.3 is 14.4 Å². The number of carbonyl (C=O) groups is 2. The summed E-state index contributed by atoms with van der Waals surface area (Å²) in [5, 5.41) is -0.0760. The average Bonchev–Trinajstić information content (AvgIpc) is 2.83. The summed E-state index contributed by atoms with van der Waals surface area (Å²) in [6, 6.07) is 18.1. The van der Waals surface area contributed by atoms with Gasteiger partial charge in [-0.3, -0.25) is 9.59 Å². The van der Waals surface area contributed by atoms with Crippen LogP contribution in [0.2, 0.25) is 0 Å². The lowest BCUT2D eigenvalue weighted by atomic mass is 10.1. The van der Waals surface area contributed by atoms with Crippen molar-refractivity contribution < 1.29 is 24.0 Å². The van der Waals surface area contributed by atoms with Gasteiger partial charge in [0.25, 0.3) is 11.8 Å². The second-order valence-corrected chi connectivity index (χ2v) is 9.42. The molecule has 2 aromatic rings.